The zero-order valence-corrected chi connectivity index (χ0v) is 21.6. The van der Waals surface area contributed by atoms with E-state index in [9.17, 15) is 31.2 Å². The van der Waals surface area contributed by atoms with Gasteiger partial charge in [0.05, 0.1) is 17.5 Å². The molecular formula is C25H32F3N3O4S. The number of carbonyl (C=O) groups excluding carboxylic acids is 2. The van der Waals surface area contributed by atoms with Crippen molar-refractivity contribution in [1.29, 1.82) is 0 Å². The average molecular weight is 528 g/mol. The van der Waals surface area contributed by atoms with E-state index in [1.54, 1.807) is 13.8 Å². The molecule has 1 N–H and O–H groups in total. The number of halogens is 3. The molecule has 0 saturated heterocycles. The summed E-state index contributed by atoms with van der Waals surface area (Å²) in [5.41, 5.74) is 0.715. The van der Waals surface area contributed by atoms with Crippen molar-refractivity contribution < 1.29 is 31.2 Å². The van der Waals surface area contributed by atoms with Gasteiger partial charge in [-0.1, -0.05) is 30.3 Å². The lowest BCUT2D eigenvalue weighted by atomic mass is 10.1. The number of aryl methyl sites for hydroxylation is 1. The van der Waals surface area contributed by atoms with Gasteiger partial charge in [0.15, 0.2) is 0 Å². The Kier molecular flexibility index (Phi) is 9.92. The van der Waals surface area contributed by atoms with Gasteiger partial charge in [0.25, 0.3) is 0 Å². The van der Waals surface area contributed by atoms with E-state index in [0.717, 1.165) is 39.9 Å². The minimum atomic E-state index is -4.62. The topological polar surface area (TPSA) is 86.8 Å². The summed E-state index contributed by atoms with van der Waals surface area (Å²) in [5, 5.41) is 2.70. The quantitative estimate of drug-likeness (QED) is 0.477. The predicted molar refractivity (Wildman–Crippen MR) is 133 cm³/mol. The largest absolute Gasteiger partial charge is 0.416 e. The van der Waals surface area contributed by atoms with Crippen LogP contribution in [0.25, 0.3) is 0 Å². The summed E-state index contributed by atoms with van der Waals surface area (Å²) in [6.07, 6.45) is -3.77. The molecule has 0 aliphatic carbocycles. The molecule has 0 aromatic heterocycles. The van der Waals surface area contributed by atoms with Gasteiger partial charge in [0, 0.05) is 26.1 Å². The molecule has 2 amide bonds. The molecule has 2 aromatic rings. The van der Waals surface area contributed by atoms with Gasteiger partial charge in [0.2, 0.25) is 21.8 Å². The molecule has 0 aliphatic heterocycles. The number of alkyl halides is 3. The molecule has 1 atom stereocenters. The van der Waals surface area contributed by atoms with Crippen molar-refractivity contribution in [3.63, 3.8) is 0 Å². The number of nitrogens with zero attached hydrogens (tertiary/aromatic N) is 2. The summed E-state index contributed by atoms with van der Waals surface area (Å²) in [7, 11) is -3.91. The van der Waals surface area contributed by atoms with Crippen LogP contribution in [-0.2, 0) is 32.3 Å². The fourth-order valence-corrected chi connectivity index (χ4v) is 4.67. The second kappa shape index (κ2) is 12.2. The SMILES string of the molecule is CCNC(=O)[C@@H](C)N(Cc1ccccc1C)C(=O)CCCN(c1cccc(C(F)(F)F)c1)S(C)(=O)=O. The molecule has 0 fully saturated rings. The summed E-state index contributed by atoms with van der Waals surface area (Å²) >= 11 is 0. The zero-order chi connectivity index (χ0) is 27.1. The van der Waals surface area contributed by atoms with Crippen LogP contribution in [0.3, 0.4) is 0 Å². The lowest BCUT2D eigenvalue weighted by Gasteiger charge is -2.30. The van der Waals surface area contributed by atoms with Crippen LogP contribution in [0.4, 0.5) is 18.9 Å². The number of amides is 2. The molecule has 0 heterocycles. The number of sulfonamides is 1. The van der Waals surface area contributed by atoms with E-state index in [4.69, 9.17) is 0 Å². The molecule has 2 aromatic carbocycles. The fourth-order valence-electron chi connectivity index (χ4n) is 3.72. The Bertz CT molecular complexity index is 1170. The smallest absolute Gasteiger partial charge is 0.355 e. The van der Waals surface area contributed by atoms with Gasteiger partial charge in [0.1, 0.15) is 6.04 Å². The first-order chi connectivity index (χ1) is 16.8. The van der Waals surface area contributed by atoms with Crippen molar-refractivity contribution in [2.75, 3.05) is 23.7 Å². The first kappa shape index (κ1) is 29.2. The average Bonchev–Trinajstić information content (AvgIpc) is 2.79. The molecule has 198 valence electrons. The van der Waals surface area contributed by atoms with E-state index in [2.05, 4.69) is 5.32 Å². The molecule has 0 unspecified atom stereocenters. The molecule has 0 aliphatic rings. The van der Waals surface area contributed by atoms with Crippen molar-refractivity contribution >= 4 is 27.5 Å². The van der Waals surface area contributed by atoms with Crippen molar-refractivity contribution in [3.8, 4) is 0 Å². The van der Waals surface area contributed by atoms with Crippen LogP contribution in [0.1, 0.15) is 43.4 Å². The minimum Gasteiger partial charge on any atom is -0.355 e. The molecule has 2 rings (SSSR count). The Morgan fingerprint density at radius 3 is 2.33 bits per heavy atom. The van der Waals surface area contributed by atoms with Crippen molar-refractivity contribution in [2.24, 2.45) is 0 Å². The minimum absolute atomic E-state index is 0.0501. The molecular weight excluding hydrogens is 495 g/mol. The normalized spacial score (nSPS) is 12.6. The maximum Gasteiger partial charge on any atom is 0.416 e. The van der Waals surface area contributed by atoms with Gasteiger partial charge in [-0.2, -0.15) is 13.2 Å². The number of rotatable bonds is 11. The van der Waals surface area contributed by atoms with Crippen LogP contribution < -0.4 is 9.62 Å². The van der Waals surface area contributed by atoms with Crippen LogP contribution >= 0.6 is 0 Å². The van der Waals surface area contributed by atoms with Gasteiger partial charge in [-0.15, -0.1) is 0 Å². The van der Waals surface area contributed by atoms with Crippen LogP contribution in [0, 0.1) is 6.92 Å². The summed E-state index contributed by atoms with van der Waals surface area (Å²) in [5.74, 6) is -0.685. The van der Waals surface area contributed by atoms with Gasteiger partial charge in [-0.3, -0.25) is 13.9 Å². The second-order valence-corrected chi connectivity index (χ2v) is 10.4. The predicted octanol–water partition coefficient (Wildman–Crippen LogP) is 4.11. The van der Waals surface area contributed by atoms with Gasteiger partial charge < -0.3 is 10.2 Å². The van der Waals surface area contributed by atoms with Crippen LogP contribution in [0.5, 0.6) is 0 Å². The summed E-state index contributed by atoms with van der Waals surface area (Å²) in [4.78, 5) is 27.1. The number of hydrogen-bond acceptors (Lipinski definition) is 4. The maximum atomic E-state index is 13.2. The second-order valence-electron chi connectivity index (χ2n) is 8.51. The van der Waals surface area contributed by atoms with E-state index < -0.39 is 27.8 Å². The molecule has 0 spiro atoms. The molecule has 11 heteroatoms. The maximum absolute atomic E-state index is 13.2. The molecule has 0 saturated carbocycles. The summed E-state index contributed by atoms with van der Waals surface area (Å²) in [6.45, 7) is 5.68. The number of nitrogens with one attached hydrogen (secondary N) is 1. The van der Waals surface area contributed by atoms with Gasteiger partial charge in [-0.05, 0) is 56.5 Å². The summed E-state index contributed by atoms with van der Waals surface area (Å²) < 4.78 is 64.9. The number of hydrogen-bond donors (Lipinski definition) is 1. The lowest BCUT2D eigenvalue weighted by Crippen LogP contribution is -2.47. The Morgan fingerprint density at radius 1 is 1.08 bits per heavy atom. The van der Waals surface area contributed by atoms with E-state index in [0.29, 0.717) is 6.54 Å². The molecule has 0 bridgehead atoms. The highest BCUT2D eigenvalue weighted by molar-refractivity contribution is 7.92. The number of likely N-dealkylation sites (N-methyl/N-ethyl adjacent to an activating group) is 1. The Hall–Kier alpha value is -3.08. The standard InChI is InChI=1S/C25H32F3N3O4S/c1-5-29-24(33)19(3)30(17-20-11-7-6-10-18(20)2)23(32)14-9-15-31(36(4,34)35)22-13-8-12-21(16-22)25(26,27)28/h6-8,10-13,16,19H,5,9,14-15,17H2,1-4H3,(H,29,33)/t19-/m1/s1. The highest BCUT2D eigenvalue weighted by Crippen LogP contribution is 2.32. The summed E-state index contributed by atoms with van der Waals surface area (Å²) in [6, 6.07) is 10.7. The highest BCUT2D eigenvalue weighted by atomic mass is 32.2. The van der Waals surface area contributed by atoms with Crippen molar-refractivity contribution in [3.05, 3.63) is 65.2 Å². The third kappa shape index (κ3) is 7.97. The number of benzene rings is 2. The monoisotopic (exact) mass is 527 g/mol. The van der Waals surface area contributed by atoms with Crippen molar-refractivity contribution in [1.82, 2.24) is 10.2 Å². The third-order valence-electron chi connectivity index (χ3n) is 5.73. The Morgan fingerprint density at radius 2 is 1.75 bits per heavy atom. The van der Waals surface area contributed by atoms with E-state index >= 15 is 0 Å². The highest BCUT2D eigenvalue weighted by Gasteiger charge is 2.32. The van der Waals surface area contributed by atoms with E-state index in [1.807, 2.05) is 31.2 Å². The number of anilines is 1. The molecule has 0 radical (unpaired) electrons. The number of carbonyl (C=O) groups is 2. The Labute approximate surface area is 210 Å². The fraction of sp³-hybridized carbons (Fsp3) is 0.440. The first-order valence-electron chi connectivity index (χ1n) is 11.5. The van der Waals surface area contributed by atoms with E-state index in [-0.39, 0.29) is 43.4 Å². The first-order valence-corrected chi connectivity index (χ1v) is 13.4. The van der Waals surface area contributed by atoms with Crippen LogP contribution in [-0.4, -0.2) is 50.5 Å². The molecule has 36 heavy (non-hydrogen) atoms. The van der Waals surface area contributed by atoms with Gasteiger partial charge >= 0.3 is 6.18 Å². The Balaban J connectivity index is 2.21. The van der Waals surface area contributed by atoms with E-state index in [1.165, 1.54) is 11.0 Å². The zero-order valence-electron chi connectivity index (χ0n) is 20.8. The van der Waals surface area contributed by atoms with Crippen molar-refractivity contribution in [2.45, 2.75) is 52.4 Å². The molecule has 7 nitrogen and oxygen atoms in total. The van der Waals surface area contributed by atoms with Crippen LogP contribution in [0.2, 0.25) is 0 Å². The third-order valence-corrected chi connectivity index (χ3v) is 6.93. The van der Waals surface area contributed by atoms with Crippen LogP contribution in [0.15, 0.2) is 48.5 Å². The van der Waals surface area contributed by atoms with Gasteiger partial charge in [-0.25, -0.2) is 8.42 Å². The lowest BCUT2D eigenvalue weighted by molar-refractivity contribution is -0.140.